The van der Waals surface area contributed by atoms with Crippen LogP contribution in [0.5, 0.6) is 5.88 Å². The zero-order valence-electron chi connectivity index (χ0n) is 18.2. The molecule has 32 heavy (non-hydrogen) atoms. The molecule has 6 rings (SSSR count). The second-order valence-corrected chi connectivity index (χ2v) is 9.32. The van der Waals surface area contributed by atoms with Crippen molar-refractivity contribution in [3.05, 3.63) is 47.0 Å². The fourth-order valence-corrected chi connectivity index (χ4v) is 5.17. The highest BCUT2D eigenvalue weighted by Gasteiger charge is 2.29. The fraction of sp³-hybridized carbons (Fsp3) is 0.391. The van der Waals surface area contributed by atoms with Crippen LogP contribution in [-0.2, 0) is 12.8 Å². The molecule has 0 aromatic carbocycles. The summed E-state index contributed by atoms with van der Waals surface area (Å²) in [5, 5.41) is 11.4. The van der Waals surface area contributed by atoms with Crippen LogP contribution >= 0.6 is 11.3 Å². The van der Waals surface area contributed by atoms with Gasteiger partial charge in [0.25, 0.3) is 0 Å². The summed E-state index contributed by atoms with van der Waals surface area (Å²) in [5.74, 6) is 1.68. The van der Waals surface area contributed by atoms with Gasteiger partial charge in [-0.2, -0.15) is 5.10 Å². The molecule has 8 nitrogen and oxygen atoms in total. The van der Waals surface area contributed by atoms with E-state index in [-0.39, 0.29) is 0 Å². The van der Waals surface area contributed by atoms with E-state index >= 15 is 0 Å². The number of pyridine rings is 1. The third-order valence-electron chi connectivity index (χ3n) is 6.37. The van der Waals surface area contributed by atoms with Crippen LogP contribution in [0.4, 0.5) is 10.9 Å². The number of anilines is 2. The van der Waals surface area contributed by atoms with Gasteiger partial charge in [0.15, 0.2) is 5.13 Å². The Balaban J connectivity index is 1.29. The second-order valence-electron chi connectivity index (χ2n) is 8.47. The minimum absolute atomic E-state index is 0.521. The molecule has 0 bridgehead atoms. The summed E-state index contributed by atoms with van der Waals surface area (Å²) in [7, 11) is 1.63. The summed E-state index contributed by atoms with van der Waals surface area (Å²) in [4.78, 5) is 13.8. The Kier molecular flexibility index (Phi) is 4.71. The van der Waals surface area contributed by atoms with E-state index < -0.39 is 0 Å². The Morgan fingerprint density at radius 1 is 1.12 bits per heavy atom. The number of rotatable bonds is 6. The Labute approximate surface area is 190 Å². The number of imidazole rings is 1. The molecule has 4 aromatic rings. The van der Waals surface area contributed by atoms with Gasteiger partial charge >= 0.3 is 0 Å². The molecular weight excluding hydrogens is 422 g/mol. The van der Waals surface area contributed by atoms with Crippen molar-refractivity contribution in [1.29, 1.82) is 0 Å². The molecule has 0 unspecified atom stereocenters. The summed E-state index contributed by atoms with van der Waals surface area (Å²) < 4.78 is 9.70. The quantitative estimate of drug-likeness (QED) is 0.454. The zero-order valence-corrected chi connectivity index (χ0v) is 19.0. The number of hydrogen-bond acceptors (Lipinski definition) is 7. The van der Waals surface area contributed by atoms with E-state index in [0.29, 0.717) is 11.9 Å². The molecule has 0 spiro atoms. The predicted octanol–water partition coefficient (Wildman–Crippen LogP) is 4.86. The third-order valence-corrected chi connectivity index (χ3v) is 7.13. The number of ether oxygens (including phenoxy) is 1. The lowest BCUT2D eigenvalue weighted by molar-refractivity contribution is 0.291. The highest BCUT2D eigenvalue weighted by atomic mass is 32.1. The van der Waals surface area contributed by atoms with Crippen LogP contribution in [0.2, 0.25) is 0 Å². The number of fused-ring (bicyclic) bond motifs is 1. The van der Waals surface area contributed by atoms with Crippen molar-refractivity contribution in [3.63, 3.8) is 0 Å². The van der Waals surface area contributed by atoms with Crippen molar-refractivity contribution in [1.82, 2.24) is 29.3 Å². The number of aromatic nitrogens is 6. The van der Waals surface area contributed by atoms with E-state index in [1.165, 1.54) is 36.9 Å². The Morgan fingerprint density at radius 2 is 2.03 bits per heavy atom. The molecule has 0 atom stereocenters. The van der Waals surface area contributed by atoms with E-state index in [9.17, 15) is 0 Å². The first-order chi connectivity index (χ1) is 15.7. The summed E-state index contributed by atoms with van der Waals surface area (Å²) in [6, 6.07) is 4.49. The van der Waals surface area contributed by atoms with Gasteiger partial charge < -0.3 is 14.6 Å². The van der Waals surface area contributed by atoms with Crippen LogP contribution in [-0.4, -0.2) is 36.4 Å². The topological polar surface area (TPSA) is 82.7 Å². The Bertz CT molecular complexity index is 1280. The molecule has 1 N–H and O–H groups in total. The molecule has 0 radical (unpaired) electrons. The minimum atomic E-state index is 0.521. The normalized spacial score (nSPS) is 15.6. The lowest BCUT2D eigenvalue weighted by atomic mass is 9.93. The molecule has 1 fully saturated rings. The van der Waals surface area contributed by atoms with Gasteiger partial charge in [-0.05, 0) is 57.6 Å². The first kappa shape index (κ1) is 19.5. The monoisotopic (exact) mass is 447 g/mol. The number of hydrogen-bond donors (Lipinski definition) is 1. The SMILES string of the molecule is COc1nc(-c2csc(Nc3c4c(nn3C3CCC3)CCC4)n2)ccc1-n1cnc(C)c1. The molecule has 0 saturated heterocycles. The van der Waals surface area contributed by atoms with Crippen molar-refractivity contribution in [3.8, 4) is 23.0 Å². The number of methoxy groups -OCH3 is 1. The van der Waals surface area contributed by atoms with Crippen molar-refractivity contribution < 1.29 is 4.74 Å². The van der Waals surface area contributed by atoms with Crippen LogP contribution < -0.4 is 10.1 Å². The Morgan fingerprint density at radius 3 is 2.78 bits per heavy atom. The van der Waals surface area contributed by atoms with E-state index in [2.05, 4.69) is 15.0 Å². The van der Waals surface area contributed by atoms with Crippen LogP contribution in [0.15, 0.2) is 30.0 Å². The number of thiazole rings is 1. The zero-order chi connectivity index (χ0) is 21.7. The number of aryl methyl sites for hydroxylation is 2. The highest BCUT2D eigenvalue weighted by molar-refractivity contribution is 7.14. The second kappa shape index (κ2) is 7.74. The third kappa shape index (κ3) is 3.28. The van der Waals surface area contributed by atoms with Gasteiger partial charge in [0, 0.05) is 17.1 Å². The molecule has 2 aliphatic carbocycles. The van der Waals surface area contributed by atoms with Crippen molar-refractivity contribution in [2.45, 2.75) is 51.5 Å². The molecule has 4 aromatic heterocycles. The predicted molar refractivity (Wildman–Crippen MR) is 124 cm³/mol. The van der Waals surface area contributed by atoms with Gasteiger partial charge in [-0.1, -0.05) is 0 Å². The lowest BCUT2D eigenvalue weighted by Crippen LogP contribution is -2.20. The summed E-state index contributed by atoms with van der Waals surface area (Å²) in [6.07, 6.45) is 10.8. The van der Waals surface area contributed by atoms with E-state index in [4.69, 9.17) is 19.8 Å². The number of nitrogens with one attached hydrogen (secondary N) is 1. The van der Waals surface area contributed by atoms with Crippen LogP contribution in [0, 0.1) is 6.92 Å². The van der Waals surface area contributed by atoms with Crippen LogP contribution in [0.1, 0.15) is 48.7 Å². The molecule has 0 amide bonds. The van der Waals surface area contributed by atoms with Crippen molar-refractivity contribution >= 4 is 22.3 Å². The van der Waals surface area contributed by atoms with Gasteiger partial charge in [0.1, 0.15) is 17.2 Å². The fourth-order valence-electron chi connectivity index (χ4n) is 4.47. The maximum absolute atomic E-state index is 5.56. The average Bonchev–Trinajstić information content (AvgIpc) is 3.54. The lowest BCUT2D eigenvalue weighted by Gasteiger charge is -2.27. The summed E-state index contributed by atoms with van der Waals surface area (Å²) >= 11 is 1.59. The molecule has 4 heterocycles. The molecule has 2 aliphatic rings. The van der Waals surface area contributed by atoms with Gasteiger partial charge in [0.2, 0.25) is 5.88 Å². The molecule has 0 aliphatic heterocycles. The van der Waals surface area contributed by atoms with E-state index in [1.54, 1.807) is 24.8 Å². The van der Waals surface area contributed by atoms with Gasteiger partial charge in [-0.3, -0.25) is 0 Å². The van der Waals surface area contributed by atoms with Gasteiger partial charge in [-0.25, -0.2) is 19.6 Å². The summed E-state index contributed by atoms with van der Waals surface area (Å²) in [5.41, 5.74) is 6.03. The van der Waals surface area contributed by atoms with Crippen molar-refractivity contribution in [2.75, 3.05) is 12.4 Å². The van der Waals surface area contributed by atoms with Crippen LogP contribution in [0.25, 0.3) is 17.1 Å². The molecular formula is C23H25N7OS. The smallest absolute Gasteiger partial charge is 0.238 e. The van der Waals surface area contributed by atoms with E-state index in [0.717, 1.165) is 46.6 Å². The summed E-state index contributed by atoms with van der Waals surface area (Å²) in [6.45, 7) is 1.96. The molecule has 1 saturated carbocycles. The van der Waals surface area contributed by atoms with Crippen molar-refractivity contribution in [2.24, 2.45) is 0 Å². The largest absolute Gasteiger partial charge is 0.479 e. The van der Waals surface area contributed by atoms with E-state index in [1.807, 2.05) is 35.2 Å². The highest BCUT2D eigenvalue weighted by Crippen LogP contribution is 2.40. The van der Waals surface area contributed by atoms with Crippen LogP contribution in [0.3, 0.4) is 0 Å². The molecule has 164 valence electrons. The number of nitrogens with zero attached hydrogens (tertiary/aromatic N) is 6. The molecule has 9 heteroatoms. The maximum Gasteiger partial charge on any atom is 0.238 e. The first-order valence-electron chi connectivity index (χ1n) is 11.1. The average molecular weight is 448 g/mol. The first-order valence-corrected chi connectivity index (χ1v) is 12.0. The minimum Gasteiger partial charge on any atom is -0.479 e. The maximum atomic E-state index is 5.56. The standard InChI is InChI=1S/C23H25N7OS/c1-14-11-29(13-24-14)20-10-9-18(25-22(20)31-2)19-12-32-23(26-19)27-21-16-7-4-8-17(16)28-30(21)15-5-3-6-15/h9-13,15H,3-8H2,1-2H3,(H,26,27). The van der Waals surface area contributed by atoms with Gasteiger partial charge in [0.05, 0.1) is 36.6 Å². The van der Waals surface area contributed by atoms with Gasteiger partial charge in [-0.15, -0.1) is 11.3 Å². The Hall–Kier alpha value is -3.20.